The lowest BCUT2D eigenvalue weighted by Gasteiger charge is -2.34. The minimum atomic E-state index is 0.184. The summed E-state index contributed by atoms with van der Waals surface area (Å²) in [4.78, 5) is 2.30. The summed E-state index contributed by atoms with van der Waals surface area (Å²) in [7, 11) is 2.00. The van der Waals surface area contributed by atoms with E-state index in [9.17, 15) is 0 Å². The molecule has 100 valence electrons. The van der Waals surface area contributed by atoms with Gasteiger partial charge in [-0.25, -0.2) is 0 Å². The van der Waals surface area contributed by atoms with Crippen molar-refractivity contribution in [1.29, 1.82) is 0 Å². The fraction of sp³-hybridized carbons (Fsp3) is 0.429. The number of nitrogens with two attached hydrogens (primary N) is 1. The third kappa shape index (κ3) is 2.21. The number of hydrogen-bond acceptors (Lipinski definition) is 4. The van der Waals surface area contributed by atoms with E-state index >= 15 is 0 Å². The summed E-state index contributed by atoms with van der Waals surface area (Å²) in [5, 5.41) is 8.35. The van der Waals surface area contributed by atoms with E-state index in [1.54, 1.807) is 0 Å². The van der Waals surface area contributed by atoms with Crippen LogP contribution in [0.1, 0.15) is 17.2 Å². The number of benzene rings is 1. The lowest BCUT2D eigenvalue weighted by Crippen LogP contribution is -2.43. The van der Waals surface area contributed by atoms with Crippen molar-refractivity contribution in [3.05, 3.63) is 41.5 Å². The molecule has 2 aromatic rings. The molecular weight excluding hydrogens is 238 g/mol. The summed E-state index contributed by atoms with van der Waals surface area (Å²) in [6.07, 6.45) is 0.949. The Morgan fingerprint density at radius 1 is 1.32 bits per heavy atom. The van der Waals surface area contributed by atoms with Crippen LogP contribution in [0.25, 0.3) is 0 Å². The Morgan fingerprint density at radius 2 is 2.11 bits per heavy atom. The summed E-state index contributed by atoms with van der Waals surface area (Å²) < 4.78 is 2.03. The zero-order valence-electron chi connectivity index (χ0n) is 11.4. The van der Waals surface area contributed by atoms with Crippen molar-refractivity contribution >= 4 is 5.69 Å². The Hall–Kier alpha value is -1.88. The van der Waals surface area contributed by atoms with Gasteiger partial charge in [0.25, 0.3) is 0 Å². The van der Waals surface area contributed by atoms with Crippen LogP contribution in [0, 0.1) is 6.92 Å². The second-order valence-electron chi connectivity index (χ2n) is 5.20. The van der Waals surface area contributed by atoms with Gasteiger partial charge in [-0.3, -0.25) is 0 Å². The SMILES string of the molecule is Cc1nnc(CN2CC(N)Cc3ccccc32)n1C. The number of fused-ring (bicyclic) bond motifs is 1. The zero-order valence-corrected chi connectivity index (χ0v) is 11.4. The van der Waals surface area contributed by atoms with E-state index in [1.165, 1.54) is 11.3 Å². The Kier molecular flexibility index (Phi) is 2.98. The predicted octanol–water partition coefficient (Wildman–Crippen LogP) is 1.01. The third-order valence-corrected chi connectivity index (χ3v) is 3.78. The third-order valence-electron chi connectivity index (χ3n) is 3.78. The van der Waals surface area contributed by atoms with Crippen LogP contribution in [0.15, 0.2) is 24.3 Å². The molecule has 19 heavy (non-hydrogen) atoms. The van der Waals surface area contributed by atoms with Crippen molar-refractivity contribution in [3.63, 3.8) is 0 Å². The van der Waals surface area contributed by atoms with E-state index in [0.717, 1.165) is 31.2 Å². The molecule has 0 radical (unpaired) electrons. The highest BCUT2D eigenvalue weighted by Crippen LogP contribution is 2.27. The standard InChI is InChI=1S/C14H19N5/c1-10-16-17-14(18(10)2)9-19-8-12(15)7-11-5-3-4-6-13(11)19/h3-6,12H,7-9,15H2,1-2H3. The minimum Gasteiger partial charge on any atom is -0.362 e. The lowest BCUT2D eigenvalue weighted by molar-refractivity contribution is 0.584. The summed E-state index contributed by atoms with van der Waals surface area (Å²) in [5.41, 5.74) is 8.74. The van der Waals surface area contributed by atoms with Gasteiger partial charge in [0, 0.05) is 25.3 Å². The Morgan fingerprint density at radius 3 is 2.84 bits per heavy atom. The minimum absolute atomic E-state index is 0.184. The van der Waals surface area contributed by atoms with Gasteiger partial charge in [-0.2, -0.15) is 0 Å². The molecule has 0 amide bonds. The number of para-hydroxylation sites is 1. The van der Waals surface area contributed by atoms with Gasteiger partial charge in [-0.1, -0.05) is 18.2 Å². The van der Waals surface area contributed by atoms with Crippen LogP contribution < -0.4 is 10.6 Å². The molecule has 0 aliphatic carbocycles. The van der Waals surface area contributed by atoms with Gasteiger partial charge >= 0.3 is 0 Å². The van der Waals surface area contributed by atoms with Gasteiger partial charge in [0.05, 0.1) is 6.54 Å². The zero-order chi connectivity index (χ0) is 13.4. The molecule has 3 rings (SSSR count). The molecule has 5 nitrogen and oxygen atoms in total. The highest BCUT2D eigenvalue weighted by Gasteiger charge is 2.23. The van der Waals surface area contributed by atoms with Crippen molar-refractivity contribution in [2.45, 2.75) is 25.9 Å². The molecule has 0 spiro atoms. The predicted molar refractivity (Wildman–Crippen MR) is 74.9 cm³/mol. The Balaban J connectivity index is 1.91. The number of nitrogens with zero attached hydrogens (tertiary/aromatic N) is 4. The first-order valence-corrected chi connectivity index (χ1v) is 6.58. The topological polar surface area (TPSA) is 60.0 Å². The normalized spacial score (nSPS) is 18.5. The van der Waals surface area contributed by atoms with Crippen LogP contribution in [0.5, 0.6) is 0 Å². The first kappa shape index (κ1) is 12.2. The van der Waals surface area contributed by atoms with Crippen molar-refractivity contribution in [2.24, 2.45) is 12.8 Å². The second-order valence-corrected chi connectivity index (χ2v) is 5.20. The molecule has 2 N–H and O–H groups in total. The number of aromatic nitrogens is 3. The van der Waals surface area contributed by atoms with Gasteiger partial charge in [0.2, 0.25) is 0 Å². The summed E-state index contributed by atoms with van der Waals surface area (Å²) in [6.45, 7) is 3.58. The van der Waals surface area contributed by atoms with Crippen molar-refractivity contribution in [2.75, 3.05) is 11.4 Å². The molecule has 0 saturated heterocycles. The molecule has 0 bridgehead atoms. The van der Waals surface area contributed by atoms with Gasteiger partial charge < -0.3 is 15.2 Å². The van der Waals surface area contributed by atoms with Gasteiger partial charge in [0.15, 0.2) is 5.82 Å². The summed E-state index contributed by atoms with van der Waals surface area (Å²) >= 11 is 0. The first-order valence-electron chi connectivity index (χ1n) is 6.58. The van der Waals surface area contributed by atoms with Crippen LogP contribution in [0.4, 0.5) is 5.69 Å². The van der Waals surface area contributed by atoms with Crippen molar-refractivity contribution in [1.82, 2.24) is 14.8 Å². The fourth-order valence-corrected chi connectivity index (χ4v) is 2.63. The maximum absolute atomic E-state index is 6.15. The Bertz CT molecular complexity index is 589. The first-order chi connectivity index (χ1) is 9.15. The van der Waals surface area contributed by atoms with E-state index in [4.69, 9.17) is 5.73 Å². The summed E-state index contributed by atoms with van der Waals surface area (Å²) in [6, 6.07) is 8.64. The van der Waals surface area contributed by atoms with E-state index in [-0.39, 0.29) is 6.04 Å². The number of rotatable bonds is 2. The Labute approximate surface area is 113 Å². The number of anilines is 1. The quantitative estimate of drug-likeness (QED) is 0.872. The van der Waals surface area contributed by atoms with Gasteiger partial charge in [-0.15, -0.1) is 10.2 Å². The highest BCUT2D eigenvalue weighted by atomic mass is 15.3. The van der Waals surface area contributed by atoms with E-state index in [1.807, 2.05) is 18.5 Å². The van der Waals surface area contributed by atoms with Crippen LogP contribution in [0.2, 0.25) is 0 Å². The largest absolute Gasteiger partial charge is 0.362 e. The highest BCUT2D eigenvalue weighted by molar-refractivity contribution is 5.56. The lowest BCUT2D eigenvalue weighted by atomic mass is 9.98. The maximum Gasteiger partial charge on any atom is 0.152 e. The average molecular weight is 257 g/mol. The van der Waals surface area contributed by atoms with Crippen molar-refractivity contribution in [3.8, 4) is 0 Å². The molecule has 1 atom stereocenters. The molecule has 1 aliphatic rings. The van der Waals surface area contributed by atoms with Crippen molar-refractivity contribution < 1.29 is 0 Å². The average Bonchev–Trinajstić information content (AvgIpc) is 2.70. The van der Waals surface area contributed by atoms with E-state index in [0.29, 0.717) is 0 Å². The van der Waals surface area contributed by atoms with Gasteiger partial charge in [-0.05, 0) is 25.0 Å². The molecule has 1 aromatic carbocycles. The van der Waals surface area contributed by atoms with Crippen LogP contribution in [-0.4, -0.2) is 27.4 Å². The number of hydrogen-bond donors (Lipinski definition) is 1. The molecule has 1 unspecified atom stereocenters. The molecule has 1 aliphatic heterocycles. The number of aryl methyl sites for hydroxylation is 1. The monoisotopic (exact) mass is 257 g/mol. The van der Waals surface area contributed by atoms with Crippen LogP contribution >= 0.6 is 0 Å². The summed E-state index contributed by atoms with van der Waals surface area (Å²) in [5.74, 6) is 1.91. The second kappa shape index (κ2) is 4.66. The molecule has 1 aromatic heterocycles. The molecule has 0 fully saturated rings. The van der Waals surface area contributed by atoms with Crippen LogP contribution in [-0.2, 0) is 20.0 Å². The van der Waals surface area contributed by atoms with E-state index in [2.05, 4.69) is 39.4 Å². The van der Waals surface area contributed by atoms with E-state index < -0.39 is 0 Å². The molecule has 2 heterocycles. The van der Waals surface area contributed by atoms with Gasteiger partial charge in [0.1, 0.15) is 5.82 Å². The van der Waals surface area contributed by atoms with Crippen LogP contribution in [0.3, 0.4) is 0 Å². The molecular formula is C14H19N5. The smallest absolute Gasteiger partial charge is 0.152 e. The fourth-order valence-electron chi connectivity index (χ4n) is 2.63. The maximum atomic E-state index is 6.15. The molecule has 5 heteroatoms. The molecule has 0 saturated carbocycles.